The first-order valence-corrected chi connectivity index (χ1v) is 19.1. The Labute approximate surface area is 293 Å². The third-order valence-corrected chi connectivity index (χ3v) is 11.2. The number of hydrogen-bond acceptors (Lipinski definition) is 6. The van der Waals surface area contributed by atoms with Crippen LogP contribution in [-0.2, 0) is 6.42 Å². The Morgan fingerprint density at radius 3 is 2.33 bits per heavy atom. The number of amides is 1. The smallest absolute Gasteiger partial charge is 0.274 e. The molecule has 2 aromatic carbocycles. The summed E-state index contributed by atoms with van der Waals surface area (Å²) < 4.78 is 5.49. The number of terminal acetylenes is 1. The standard InChI is InChI=1S/C33H37N3O2S.C4H9N.C4H10/c1-5-30-34-29(20-39-30)32(37)36-13-12-25-17-27(38-4)10-11-28(25)31(36)24-6-8-26(9-7-24)35-33(3)18-22-14-21(2)15-23(16-22)19-33;1-2-4-5-3-1;1-3-4-2/h1,6-11,17,20-23,31,35H,12-16,18-19H2,2-4H3;5H,1-4H2;3-4H2,1-2H3. The molecule has 3 fully saturated rings. The summed E-state index contributed by atoms with van der Waals surface area (Å²) in [5, 5.41) is 9.43. The van der Waals surface area contributed by atoms with E-state index in [-0.39, 0.29) is 17.5 Å². The van der Waals surface area contributed by atoms with Crippen LogP contribution in [0.1, 0.15) is 124 Å². The molecule has 2 aliphatic heterocycles. The summed E-state index contributed by atoms with van der Waals surface area (Å²) in [6.07, 6.45) is 18.3. The molecule has 6 nitrogen and oxygen atoms in total. The van der Waals surface area contributed by atoms with Gasteiger partial charge in [0.15, 0.2) is 5.01 Å². The number of rotatable bonds is 6. The number of nitrogens with one attached hydrogen (secondary N) is 2. The van der Waals surface area contributed by atoms with Gasteiger partial charge in [-0.3, -0.25) is 4.79 Å². The van der Waals surface area contributed by atoms with Gasteiger partial charge in [-0.05, 0) is 136 Å². The number of methoxy groups -OCH3 is 1. The van der Waals surface area contributed by atoms with Crippen molar-refractivity contribution in [3.63, 3.8) is 0 Å². The molecule has 7 rings (SSSR count). The maximum absolute atomic E-state index is 13.7. The fraction of sp³-hybridized carbons (Fsp3) is 0.561. The molecule has 2 aliphatic carbocycles. The fourth-order valence-electron chi connectivity index (χ4n) is 8.31. The summed E-state index contributed by atoms with van der Waals surface area (Å²) >= 11 is 1.33. The normalized spacial score (nSPS) is 25.7. The Hall–Kier alpha value is -3.34. The summed E-state index contributed by atoms with van der Waals surface area (Å²) in [5.74, 6) is 5.83. The lowest BCUT2D eigenvalue weighted by molar-refractivity contribution is 0.0689. The number of benzene rings is 2. The summed E-state index contributed by atoms with van der Waals surface area (Å²) in [5.41, 5.74) is 5.12. The minimum Gasteiger partial charge on any atom is -0.497 e. The molecule has 2 N–H and O–H groups in total. The molecule has 3 aromatic rings. The highest BCUT2D eigenvalue weighted by Crippen LogP contribution is 2.47. The van der Waals surface area contributed by atoms with E-state index in [0.29, 0.717) is 17.2 Å². The number of hydrogen-bond donors (Lipinski definition) is 2. The van der Waals surface area contributed by atoms with E-state index in [1.807, 2.05) is 11.0 Å². The molecule has 3 atom stereocenters. The Kier molecular flexibility index (Phi) is 12.6. The van der Waals surface area contributed by atoms with E-state index in [9.17, 15) is 4.79 Å². The quantitative estimate of drug-likeness (QED) is 0.257. The lowest BCUT2D eigenvalue weighted by Gasteiger charge is -2.48. The molecule has 2 saturated carbocycles. The minimum atomic E-state index is -0.205. The molecular formula is C41H56N4O2S. The van der Waals surface area contributed by atoms with E-state index in [2.05, 4.69) is 85.6 Å². The zero-order valence-electron chi connectivity index (χ0n) is 29.8. The molecule has 0 radical (unpaired) electrons. The molecule has 0 spiro atoms. The number of carbonyl (C=O) groups is 1. The van der Waals surface area contributed by atoms with Crippen molar-refractivity contribution in [1.29, 1.82) is 0 Å². The Balaban J connectivity index is 0.000000440. The SMILES string of the molecule is C#Cc1nc(C(=O)N2CCc3cc(OC)ccc3C2c2ccc(NC3(C)CC4CC(C)CC(C4)C3)cc2)cs1.C1CCNC1.CCCC. The fourth-order valence-corrected chi connectivity index (χ4v) is 8.90. The second kappa shape index (κ2) is 16.9. The number of anilines is 1. The highest BCUT2D eigenvalue weighted by Gasteiger charge is 2.41. The van der Waals surface area contributed by atoms with Crippen molar-refractivity contribution >= 4 is 22.9 Å². The lowest BCUT2D eigenvalue weighted by atomic mass is 9.62. The van der Waals surface area contributed by atoms with Gasteiger partial charge in [-0.15, -0.1) is 17.8 Å². The molecule has 3 unspecified atom stereocenters. The third-order valence-electron chi connectivity index (χ3n) is 10.4. The largest absolute Gasteiger partial charge is 0.497 e. The van der Waals surface area contributed by atoms with Crippen molar-refractivity contribution in [3.05, 3.63) is 75.2 Å². The molecule has 48 heavy (non-hydrogen) atoms. The van der Waals surface area contributed by atoms with Crippen LogP contribution < -0.4 is 15.4 Å². The van der Waals surface area contributed by atoms with Crippen molar-refractivity contribution in [1.82, 2.24) is 15.2 Å². The molecule has 2 bridgehead atoms. The van der Waals surface area contributed by atoms with Gasteiger partial charge in [0.25, 0.3) is 5.91 Å². The van der Waals surface area contributed by atoms with E-state index < -0.39 is 0 Å². The van der Waals surface area contributed by atoms with Crippen LogP contribution in [0.5, 0.6) is 5.75 Å². The number of unbranched alkanes of at least 4 members (excludes halogenated alkanes) is 1. The topological polar surface area (TPSA) is 66.5 Å². The van der Waals surface area contributed by atoms with Crippen molar-refractivity contribution in [3.8, 4) is 18.1 Å². The van der Waals surface area contributed by atoms with Crippen LogP contribution in [0.3, 0.4) is 0 Å². The zero-order valence-corrected chi connectivity index (χ0v) is 30.6. The van der Waals surface area contributed by atoms with Crippen molar-refractivity contribution in [2.24, 2.45) is 17.8 Å². The molecule has 1 saturated heterocycles. The monoisotopic (exact) mass is 668 g/mol. The summed E-state index contributed by atoms with van der Waals surface area (Å²) in [4.78, 5) is 20.0. The summed E-state index contributed by atoms with van der Waals surface area (Å²) in [6.45, 7) is 12.3. The first kappa shape index (κ1) is 36.0. The first-order chi connectivity index (χ1) is 23.2. The molecule has 3 heterocycles. The van der Waals surface area contributed by atoms with Crippen LogP contribution in [-0.4, -0.2) is 48.1 Å². The Morgan fingerprint density at radius 2 is 1.77 bits per heavy atom. The number of fused-ring (bicyclic) bond motifs is 3. The van der Waals surface area contributed by atoms with Gasteiger partial charge in [-0.25, -0.2) is 4.98 Å². The predicted molar refractivity (Wildman–Crippen MR) is 200 cm³/mol. The van der Waals surface area contributed by atoms with Crippen LogP contribution in [0.2, 0.25) is 0 Å². The number of carbonyl (C=O) groups excluding carboxylic acids is 1. The first-order valence-electron chi connectivity index (χ1n) is 18.2. The number of ether oxygens (including phenoxy) is 1. The third kappa shape index (κ3) is 9.01. The van der Waals surface area contributed by atoms with Crippen molar-refractivity contribution in [2.75, 3.05) is 32.1 Å². The van der Waals surface area contributed by atoms with Gasteiger partial charge in [0, 0.05) is 23.2 Å². The van der Waals surface area contributed by atoms with Gasteiger partial charge in [-0.2, -0.15) is 0 Å². The van der Waals surface area contributed by atoms with E-state index in [1.54, 1.807) is 12.5 Å². The molecule has 1 aromatic heterocycles. The lowest BCUT2D eigenvalue weighted by Crippen LogP contribution is -2.45. The van der Waals surface area contributed by atoms with E-state index in [0.717, 1.165) is 46.7 Å². The summed E-state index contributed by atoms with van der Waals surface area (Å²) in [7, 11) is 1.69. The van der Waals surface area contributed by atoms with Gasteiger partial charge < -0.3 is 20.3 Å². The van der Waals surface area contributed by atoms with Crippen LogP contribution in [0, 0.1) is 30.1 Å². The number of nitrogens with zero attached hydrogens (tertiary/aromatic N) is 2. The molecule has 4 aliphatic rings. The average Bonchev–Trinajstić information content (AvgIpc) is 3.83. The predicted octanol–water partition coefficient (Wildman–Crippen LogP) is 9.11. The van der Waals surface area contributed by atoms with Gasteiger partial charge >= 0.3 is 0 Å². The van der Waals surface area contributed by atoms with Crippen LogP contribution in [0.25, 0.3) is 0 Å². The van der Waals surface area contributed by atoms with Gasteiger partial charge in [-0.1, -0.05) is 51.8 Å². The minimum absolute atomic E-state index is 0.0862. The highest BCUT2D eigenvalue weighted by molar-refractivity contribution is 7.10. The van der Waals surface area contributed by atoms with Crippen molar-refractivity contribution < 1.29 is 9.53 Å². The Morgan fingerprint density at radius 1 is 1.08 bits per heavy atom. The van der Waals surface area contributed by atoms with E-state index >= 15 is 0 Å². The number of thiazole rings is 1. The average molecular weight is 669 g/mol. The van der Waals surface area contributed by atoms with E-state index in [1.165, 1.54) is 87.8 Å². The van der Waals surface area contributed by atoms with E-state index in [4.69, 9.17) is 11.2 Å². The van der Waals surface area contributed by atoms with Crippen LogP contribution in [0.15, 0.2) is 47.8 Å². The van der Waals surface area contributed by atoms with Crippen LogP contribution in [0.4, 0.5) is 5.69 Å². The maximum atomic E-state index is 13.7. The Bertz CT molecular complexity index is 1490. The van der Waals surface area contributed by atoms with Gasteiger partial charge in [0.1, 0.15) is 11.4 Å². The molecule has 7 heteroatoms. The van der Waals surface area contributed by atoms with Gasteiger partial charge in [0.05, 0.1) is 13.2 Å². The molecule has 1 amide bonds. The zero-order chi connectivity index (χ0) is 34.1. The molecular weight excluding hydrogens is 613 g/mol. The summed E-state index contributed by atoms with van der Waals surface area (Å²) in [6, 6.07) is 14.7. The highest BCUT2D eigenvalue weighted by atomic mass is 32.1. The molecule has 258 valence electrons. The van der Waals surface area contributed by atoms with Crippen LogP contribution >= 0.6 is 11.3 Å². The second-order valence-corrected chi connectivity index (χ2v) is 15.5. The number of aromatic nitrogens is 1. The van der Waals surface area contributed by atoms with Crippen molar-refractivity contribution in [2.45, 2.75) is 103 Å². The van der Waals surface area contributed by atoms with Gasteiger partial charge in [0.2, 0.25) is 0 Å². The second-order valence-electron chi connectivity index (χ2n) is 14.6. The maximum Gasteiger partial charge on any atom is 0.274 e.